The highest BCUT2D eigenvalue weighted by Gasteiger charge is 2.16. The molecule has 1 aromatic heterocycles. The van der Waals surface area contributed by atoms with Gasteiger partial charge in [-0.3, -0.25) is 4.98 Å². The first-order chi connectivity index (χ1) is 9.40. The molecule has 0 bridgehead atoms. The molecule has 1 aromatic carbocycles. The Morgan fingerprint density at radius 2 is 1.95 bits per heavy atom. The van der Waals surface area contributed by atoms with Crippen molar-refractivity contribution in [2.45, 2.75) is 33.7 Å². The van der Waals surface area contributed by atoms with Crippen LogP contribution in [0.15, 0.2) is 24.3 Å². The number of benzene rings is 1. The van der Waals surface area contributed by atoms with E-state index in [4.69, 9.17) is 11.6 Å². The molecule has 0 spiro atoms. The number of anilines is 1. The Kier molecular flexibility index (Phi) is 4.29. The van der Waals surface area contributed by atoms with Crippen molar-refractivity contribution in [2.24, 2.45) is 0 Å². The minimum absolute atomic E-state index is 0.0718. The minimum atomic E-state index is -0.347. The average molecular weight is 293 g/mol. The summed E-state index contributed by atoms with van der Waals surface area (Å²) in [6, 6.07) is 6.62. The molecule has 20 heavy (non-hydrogen) atoms. The Hall–Kier alpha value is -1.61. The molecule has 2 nitrogen and oxygen atoms in total. The van der Waals surface area contributed by atoms with Gasteiger partial charge in [0.05, 0.1) is 16.8 Å². The molecule has 106 valence electrons. The third-order valence-corrected chi connectivity index (χ3v) is 3.66. The molecule has 1 unspecified atom stereocenters. The normalized spacial score (nSPS) is 12.3. The number of nitrogens with one attached hydrogen (secondary N) is 1. The van der Waals surface area contributed by atoms with Gasteiger partial charge < -0.3 is 5.32 Å². The molecule has 1 atom stereocenters. The van der Waals surface area contributed by atoms with Gasteiger partial charge in [-0.1, -0.05) is 17.7 Å². The second-order valence-electron chi connectivity index (χ2n) is 5.04. The molecule has 2 rings (SSSR count). The SMILES string of the molecule is Cc1cc(C)c(C(C)Nc2c(F)cccc2Cl)c(C)n1. The molecule has 0 aliphatic rings. The Balaban J connectivity index is 2.36. The Labute approximate surface area is 124 Å². The van der Waals surface area contributed by atoms with Gasteiger partial charge in [-0.15, -0.1) is 0 Å². The van der Waals surface area contributed by atoms with E-state index in [-0.39, 0.29) is 11.9 Å². The van der Waals surface area contributed by atoms with Crippen LogP contribution in [0.4, 0.5) is 10.1 Å². The number of aryl methyl sites for hydroxylation is 3. The number of pyridine rings is 1. The molecule has 0 aliphatic heterocycles. The lowest BCUT2D eigenvalue weighted by molar-refractivity contribution is 0.627. The molecular weight excluding hydrogens is 275 g/mol. The van der Waals surface area contributed by atoms with Crippen LogP contribution in [0.1, 0.15) is 35.5 Å². The fraction of sp³-hybridized carbons (Fsp3) is 0.312. The third kappa shape index (κ3) is 2.93. The fourth-order valence-electron chi connectivity index (χ4n) is 2.61. The molecule has 0 saturated carbocycles. The van der Waals surface area contributed by atoms with Crippen LogP contribution in [0.2, 0.25) is 5.02 Å². The van der Waals surface area contributed by atoms with E-state index in [1.807, 2.05) is 33.8 Å². The van der Waals surface area contributed by atoms with Gasteiger partial charge in [0.25, 0.3) is 0 Å². The highest BCUT2D eigenvalue weighted by atomic mass is 35.5. The number of halogens is 2. The highest BCUT2D eigenvalue weighted by Crippen LogP contribution is 2.30. The maximum Gasteiger partial charge on any atom is 0.147 e. The van der Waals surface area contributed by atoms with Gasteiger partial charge in [0.2, 0.25) is 0 Å². The first-order valence-electron chi connectivity index (χ1n) is 6.55. The molecular formula is C16H18ClFN2. The van der Waals surface area contributed by atoms with E-state index in [1.165, 1.54) is 6.07 Å². The summed E-state index contributed by atoms with van der Waals surface area (Å²) in [6.45, 7) is 7.96. The van der Waals surface area contributed by atoms with Crippen molar-refractivity contribution in [1.29, 1.82) is 0 Å². The van der Waals surface area contributed by atoms with Crippen molar-refractivity contribution >= 4 is 17.3 Å². The van der Waals surface area contributed by atoms with E-state index in [9.17, 15) is 4.39 Å². The summed E-state index contributed by atoms with van der Waals surface area (Å²) in [7, 11) is 0. The van der Waals surface area contributed by atoms with Crippen LogP contribution >= 0.6 is 11.6 Å². The maximum atomic E-state index is 13.8. The van der Waals surface area contributed by atoms with Crippen LogP contribution in [0.25, 0.3) is 0 Å². The van der Waals surface area contributed by atoms with Gasteiger partial charge in [0, 0.05) is 11.4 Å². The summed E-state index contributed by atoms with van der Waals surface area (Å²) >= 11 is 6.05. The fourth-order valence-corrected chi connectivity index (χ4v) is 2.83. The lowest BCUT2D eigenvalue weighted by Gasteiger charge is -2.21. The van der Waals surface area contributed by atoms with Crippen LogP contribution in [0.5, 0.6) is 0 Å². The van der Waals surface area contributed by atoms with Crippen LogP contribution < -0.4 is 5.32 Å². The number of rotatable bonds is 3. The lowest BCUT2D eigenvalue weighted by Crippen LogP contribution is -2.12. The summed E-state index contributed by atoms with van der Waals surface area (Å²) in [5.74, 6) is -0.347. The third-order valence-electron chi connectivity index (χ3n) is 3.34. The molecule has 0 fully saturated rings. The molecule has 0 aliphatic carbocycles. The van der Waals surface area contributed by atoms with Crippen LogP contribution in [-0.4, -0.2) is 4.98 Å². The van der Waals surface area contributed by atoms with Gasteiger partial charge in [0.1, 0.15) is 5.82 Å². The molecule has 2 aromatic rings. The van der Waals surface area contributed by atoms with E-state index in [0.29, 0.717) is 10.7 Å². The lowest BCUT2D eigenvalue weighted by atomic mass is 10.00. The van der Waals surface area contributed by atoms with E-state index in [0.717, 1.165) is 22.5 Å². The zero-order valence-corrected chi connectivity index (χ0v) is 12.8. The predicted molar refractivity (Wildman–Crippen MR) is 81.9 cm³/mol. The van der Waals surface area contributed by atoms with Crippen molar-refractivity contribution < 1.29 is 4.39 Å². The summed E-state index contributed by atoms with van der Waals surface area (Å²) in [5, 5.41) is 3.53. The number of para-hydroxylation sites is 1. The summed E-state index contributed by atoms with van der Waals surface area (Å²) in [5.41, 5.74) is 4.49. The smallest absolute Gasteiger partial charge is 0.147 e. The zero-order chi connectivity index (χ0) is 14.9. The number of nitrogens with zero attached hydrogens (tertiary/aromatic N) is 1. The number of hydrogen-bond acceptors (Lipinski definition) is 2. The monoisotopic (exact) mass is 292 g/mol. The molecule has 0 radical (unpaired) electrons. The highest BCUT2D eigenvalue weighted by molar-refractivity contribution is 6.33. The molecule has 1 N–H and O–H groups in total. The summed E-state index contributed by atoms with van der Waals surface area (Å²) < 4.78 is 13.8. The first-order valence-corrected chi connectivity index (χ1v) is 6.93. The summed E-state index contributed by atoms with van der Waals surface area (Å²) in [6.07, 6.45) is 0. The Morgan fingerprint density at radius 3 is 2.55 bits per heavy atom. The van der Waals surface area contributed by atoms with E-state index >= 15 is 0 Å². The van der Waals surface area contributed by atoms with Crippen molar-refractivity contribution in [3.05, 3.63) is 57.6 Å². The largest absolute Gasteiger partial charge is 0.375 e. The van der Waals surface area contributed by atoms with Crippen molar-refractivity contribution in [2.75, 3.05) is 5.32 Å². The van der Waals surface area contributed by atoms with Crippen molar-refractivity contribution in [1.82, 2.24) is 4.98 Å². The van der Waals surface area contributed by atoms with E-state index in [1.54, 1.807) is 12.1 Å². The van der Waals surface area contributed by atoms with Crippen LogP contribution in [0.3, 0.4) is 0 Å². The zero-order valence-electron chi connectivity index (χ0n) is 12.1. The van der Waals surface area contributed by atoms with Gasteiger partial charge >= 0.3 is 0 Å². The predicted octanol–water partition coefficient (Wildman–Crippen LogP) is 4.97. The molecule has 1 heterocycles. The number of aromatic nitrogens is 1. The van der Waals surface area contributed by atoms with Crippen LogP contribution in [0, 0.1) is 26.6 Å². The second kappa shape index (κ2) is 5.80. The minimum Gasteiger partial charge on any atom is -0.375 e. The molecule has 0 amide bonds. The summed E-state index contributed by atoms with van der Waals surface area (Å²) in [4.78, 5) is 4.48. The second-order valence-corrected chi connectivity index (χ2v) is 5.45. The van der Waals surface area contributed by atoms with Crippen LogP contribution in [-0.2, 0) is 0 Å². The van der Waals surface area contributed by atoms with Gasteiger partial charge in [-0.25, -0.2) is 4.39 Å². The average Bonchev–Trinajstić information content (AvgIpc) is 2.32. The van der Waals surface area contributed by atoms with E-state index < -0.39 is 0 Å². The topological polar surface area (TPSA) is 24.9 Å². The Bertz CT molecular complexity index is 597. The molecule has 4 heteroatoms. The van der Waals surface area contributed by atoms with Crippen molar-refractivity contribution in [3.8, 4) is 0 Å². The standard InChI is InChI=1S/C16H18ClFN2/c1-9-8-10(2)19-11(3)15(9)12(4)20-16-13(17)6-5-7-14(16)18/h5-8,12,20H,1-4H3. The van der Waals surface area contributed by atoms with Crippen molar-refractivity contribution in [3.63, 3.8) is 0 Å². The maximum absolute atomic E-state index is 13.8. The van der Waals surface area contributed by atoms with Gasteiger partial charge in [-0.2, -0.15) is 0 Å². The molecule has 0 saturated heterocycles. The quantitative estimate of drug-likeness (QED) is 0.863. The van der Waals surface area contributed by atoms with Gasteiger partial charge in [0.15, 0.2) is 0 Å². The first kappa shape index (κ1) is 14.8. The van der Waals surface area contributed by atoms with E-state index in [2.05, 4.69) is 10.3 Å². The van der Waals surface area contributed by atoms with Gasteiger partial charge in [-0.05, 0) is 57.0 Å². The number of hydrogen-bond donors (Lipinski definition) is 1. The Morgan fingerprint density at radius 1 is 1.25 bits per heavy atom.